The summed E-state index contributed by atoms with van der Waals surface area (Å²) in [5, 5.41) is 12.4. The van der Waals surface area contributed by atoms with E-state index in [2.05, 4.69) is 19.2 Å². The molecule has 1 unspecified atom stereocenters. The molecular weight excluding hydrogens is 240 g/mol. The molecule has 1 aliphatic rings. The van der Waals surface area contributed by atoms with Gasteiger partial charge in [0.15, 0.2) is 0 Å². The van der Waals surface area contributed by atoms with E-state index in [1.54, 1.807) is 12.1 Å². The minimum absolute atomic E-state index is 0.270. The highest BCUT2D eigenvalue weighted by Crippen LogP contribution is 2.37. The third-order valence-electron chi connectivity index (χ3n) is 3.86. The number of benzene rings is 1. The van der Waals surface area contributed by atoms with Gasteiger partial charge in [-0.2, -0.15) is 0 Å². The Morgan fingerprint density at radius 2 is 2.21 bits per heavy atom. The van der Waals surface area contributed by atoms with Gasteiger partial charge in [-0.05, 0) is 42.9 Å². The molecule has 1 aromatic rings. The highest BCUT2D eigenvalue weighted by atomic mass is 16.4. The Bertz CT molecular complexity index is 483. The van der Waals surface area contributed by atoms with Gasteiger partial charge in [0, 0.05) is 6.04 Å². The summed E-state index contributed by atoms with van der Waals surface area (Å²) in [6.45, 7) is 4.55. The van der Waals surface area contributed by atoms with E-state index in [1.807, 2.05) is 0 Å². The van der Waals surface area contributed by atoms with Crippen LogP contribution in [0.15, 0.2) is 18.2 Å². The van der Waals surface area contributed by atoms with Gasteiger partial charge >= 0.3 is 5.97 Å². The van der Waals surface area contributed by atoms with Crippen LogP contribution in [0.2, 0.25) is 0 Å². The normalized spacial score (nSPS) is 21.9. The Hall–Kier alpha value is -1.71. The molecule has 0 saturated heterocycles. The fourth-order valence-corrected chi connectivity index (χ4v) is 2.86. The number of carboxylic acids is 1. The number of aromatic carboxylic acids is 1. The van der Waals surface area contributed by atoms with Gasteiger partial charge in [0.25, 0.3) is 0 Å². The minimum atomic E-state index is -0.924. The molecule has 1 aliphatic carbocycles. The van der Waals surface area contributed by atoms with Crippen molar-refractivity contribution in [3.63, 3.8) is 0 Å². The number of anilines is 2. The van der Waals surface area contributed by atoms with Gasteiger partial charge in [0.1, 0.15) is 0 Å². The highest BCUT2D eigenvalue weighted by molar-refractivity contribution is 5.90. The first-order chi connectivity index (χ1) is 8.87. The van der Waals surface area contributed by atoms with E-state index in [1.165, 1.54) is 18.9 Å². The second kappa shape index (κ2) is 5.11. The maximum atomic E-state index is 11.0. The largest absolute Gasteiger partial charge is 0.478 e. The van der Waals surface area contributed by atoms with Crippen molar-refractivity contribution in [2.45, 2.75) is 45.6 Å². The molecule has 0 radical (unpaired) electrons. The zero-order valence-corrected chi connectivity index (χ0v) is 11.6. The summed E-state index contributed by atoms with van der Waals surface area (Å²) in [5.41, 5.74) is 7.87. The van der Waals surface area contributed by atoms with E-state index >= 15 is 0 Å². The Morgan fingerprint density at radius 3 is 2.84 bits per heavy atom. The van der Waals surface area contributed by atoms with Crippen molar-refractivity contribution in [1.29, 1.82) is 0 Å². The Labute approximate surface area is 114 Å². The molecule has 0 aromatic heterocycles. The zero-order valence-electron chi connectivity index (χ0n) is 11.6. The monoisotopic (exact) mass is 262 g/mol. The van der Waals surface area contributed by atoms with E-state index in [4.69, 9.17) is 10.8 Å². The number of hydrogen-bond donors (Lipinski definition) is 3. The van der Waals surface area contributed by atoms with E-state index < -0.39 is 5.97 Å². The molecule has 4 nitrogen and oxygen atoms in total. The first-order valence-electron chi connectivity index (χ1n) is 6.77. The molecule has 0 bridgehead atoms. The van der Waals surface area contributed by atoms with Gasteiger partial charge in [0.2, 0.25) is 0 Å². The van der Waals surface area contributed by atoms with Gasteiger partial charge < -0.3 is 16.2 Å². The van der Waals surface area contributed by atoms with Crippen LogP contribution >= 0.6 is 0 Å². The standard InChI is InChI=1S/C15H22N2O2/c1-15(2)7-3-4-11(9-15)17-13-8-10(14(18)19)5-6-12(13)16/h5-6,8,11,17H,3-4,7,9,16H2,1-2H3,(H,18,19). The van der Waals surface area contributed by atoms with Crippen LogP contribution in [0.3, 0.4) is 0 Å². The molecule has 0 spiro atoms. The van der Waals surface area contributed by atoms with Crippen LogP contribution in [0.1, 0.15) is 49.9 Å². The van der Waals surface area contributed by atoms with Gasteiger partial charge in [-0.25, -0.2) is 4.79 Å². The fraction of sp³-hybridized carbons (Fsp3) is 0.533. The second-order valence-corrected chi connectivity index (χ2v) is 6.21. The lowest BCUT2D eigenvalue weighted by Gasteiger charge is -2.36. The lowest BCUT2D eigenvalue weighted by Crippen LogP contribution is -2.32. The van der Waals surface area contributed by atoms with Gasteiger partial charge in [-0.15, -0.1) is 0 Å². The maximum absolute atomic E-state index is 11.0. The summed E-state index contributed by atoms with van der Waals surface area (Å²) in [4.78, 5) is 11.0. The third kappa shape index (κ3) is 3.40. The van der Waals surface area contributed by atoms with Gasteiger partial charge in [-0.3, -0.25) is 0 Å². The smallest absolute Gasteiger partial charge is 0.335 e. The SMILES string of the molecule is CC1(C)CCCC(Nc2cc(C(=O)O)ccc2N)C1. The molecule has 2 rings (SSSR count). The Morgan fingerprint density at radius 1 is 1.47 bits per heavy atom. The lowest BCUT2D eigenvalue weighted by atomic mass is 9.75. The topological polar surface area (TPSA) is 75.3 Å². The number of nitrogens with two attached hydrogens (primary N) is 1. The molecule has 19 heavy (non-hydrogen) atoms. The van der Waals surface area contributed by atoms with E-state index in [0.29, 0.717) is 17.1 Å². The quantitative estimate of drug-likeness (QED) is 0.730. The summed E-state index contributed by atoms with van der Waals surface area (Å²) in [5.74, 6) is -0.924. The van der Waals surface area contributed by atoms with Crippen molar-refractivity contribution in [3.8, 4) is 0 Å². The van der Waals surface area contributed by atoms with Crippen LogP contribution in [-0.2, 0) is 0 Å². The molecule has 1 aromatic carbocycles. The predicted octanol–water partition coefficient (Wildman–Crippen LogP) is 3.35. The second-order valence-electron chi connectivity index (χ2n) is 6.21. The summed E-state index contributed by atoms with van der Waals surface area (Å²) in [6, 6.07) is 5.18. The molecule has 0 amide bonds. The summed E-state index contributed by atoms with van der Waals surface area (Å²) in [7, 11) is 0. The molecule has 104 valence electrons. The molecule has 1 atom stereocenters. The van der Waals surface area contributed by atoms with E-state index in [-0.39, 0.29) is 5.56 Å². The number of hydrogen-bond acceptors (Lipinski definition) is 3. The highest BCUT2D eigenvalue weighted by Gasteiger charge is 2.28. The maximum Gasteiger partial charge on any atom is 0.335 e. The molecule has 4 heteroatoms. The molecule has 0 aliphatic heterocycles. The number of carboxylic acid groups (broad SMARTS) is 1. The van der Waals surface area contributed by atoms with Crippen LogP contribution in [0.4, 0.5) is 11.4 Å². The van der Waals surface area contributed by atoms with Crippen molar-refractivity contribution in [2.75, 3.05) is 11.1 Å². The van der Waals surface area contributed by atoms with Crippen LogP contribution < -0.4 is 11.1 Å². The first kappa shape index (κ1) is 13.7. The van der Waals surface area contributed by atoms with Crippen molar-refractivity contribution in [1.82, 2.24) is 0 Å². The van der Waals surface area contributed by atoms with Crippen LogP contribution in [-0.4, -0.2) is 17.1 Å². The Balaban J connectivity index is 2.14. The lowest BCUT2D eigenvalue weighted by molar-refractivity contribution is 0.0697. The van der Waals surface area contributed by atoms with E-state index in [9.17, 15) is 4.79 Å². The average molecular weight is 262 g/mol. The van der Waals surface area contributed by atoms with Crippen molar-refractivity contribution >= 4 is 17.3 Å². The molecular formula is C15H22N2O2. The molecule has 4 N–H and O–H groups in total. The minimum Gasteiger partial charge on any atom is -0.478 e. The van der Waals surface area contributed by atoms with Crippen LogP contribution in [0, 0.1) is 5.41 Å². The number of nitrogen functional groups attached to an aromatic ring is 1. The van der Waals surface area contributed by atoms with Gasteiger partial charge in [0.05, 0.1) is 16.9 Å². The Kier molecular flexibility index (Phi) is 3.69. The molecule has 1 saturated carbocycles. The number of carbonyl (C=O) groups is 1. The first-order valence-corrected chi connectivity index (χ1v) is 6.77. The van der Waals surface area contributed by atoms with Crippen molar-refractivity contribution < 1.29 is 9.90 Å². The fourth-order valence-electron chi connectivity index (χ4n) is 2.86. The summed E-state index contributed by atoms with van der Waals surface area (Å²) < 4.78 is 0. The predicted molar refractivity (Wildman–Crippen MR) is 77.5 cm³/mol. The molecule has 0 heterocycles. The molecule has 1 fully saturated rings. The van der Waals surface area contributed by atoms with E-state index in [0.717, 1.165) is 18.5 Å². The van der Waals surface area contributed by atoms with Crippen molar-refractivity contribution in [2.24, 2.45) is 5.41 Å². The summed E-state index contributed by atoms with van der Waals surface area (Å²) in [6.07, 6.45) is 4.64. The van der Waals surface area contributed by atoms with Gasteiger partial charge in [-0.1, -0.05) is 20.3 Å². The third-order valence-corrected chi connectivity index (χ3v) is 3.86. The van der Waals surface area contributed by atoms with Crippen molar-refractivity contribution in [3.05, 3.63) is 23.8 Å². The summed E-state index contributed by atoms with van der Waals surface area (Å²) >= 11 is 0. The average Bonchev–Trinajstić information content (AvgIpc) is 2.30. The zero-order chi connectivity index (χ0) is 14.0. The van der Waals surface area contributed by atoms with Crippen LogP contribution in [0.25, 0.3) is 0 Å². The number of nitrogens with one attached hydrogen (secondary N) is 1. The van der Waals surface area contributed by atoms with Crippen LogP contribution in [0.5, 0.6) is 0 Å². The number of rotatable bonds is 3.